The molecule has 5 aliphatic carbocycles. The monoisotopic (exact) mass is 656 g/mol. The predicted octanol–water partition coefficient (Wildman–Crippen LogP) is 9.37. The van der Waals surface area contributed by atoms with Crippen molar-refractivity contribution in [2.75, 3.05) is 27.4 Å². The van der Waals surface area contributed by atoms with Gasteiger partial charge >= 0.3 is 11.9 Å². The van der Waals surface area contributed by atoms with Crippen LogP contribution in [-0.4, -0.2) is 55.5 Å². The molecule has 0 bridgehead atoms. The second-order valence-electron chi connectivity index (χ2n) is 19.4. The molecule has 5 aliphatic rings. The third kappa shape index (κ3) is 5.95. The third-order valence-electron chi connectivity index (χ3n) is 16.2. The van der Waals surface area contributed by atoms with E-state index in [1.165, 1.54) is 69.8 Å². The zero-order valence-electron chi connectivity index (χ0n) is 31.8. The summed E-state index contributed by atoms with van der Waals surface area (Å²) < 4.78 is 11.6. The van der Waals surface area contributed by atoms with E-state index in [4.69, 9.17) is 9.47 Å². The summed E-state index contributed by atoms with van der Waals surface area (Å²) >= 11 is 0. The number of nitrogens with zero attached hydrogens (tertiary/aromatic N) is 1. The first-order chi connectivity index (χ1) is 21.8. The zero-order valence-corrected chi connectivity index (χ0v) is 31.8. The van der Waals surface area contributed by atoms with Gasteiger partial charge in [0.2, 0.25) is 0 Å². The fraction of sp³-hybridized carbons (Fsp3) is 0.902. The van der Waals surface area contributed by atoms with E-state index in [2.05, 4.69) is 60.1 Å². The molecular formula is C41H69NO5. The number of methoxy groups -OCH3 is 1. The molecule has 1 unspecified atom stereocenters. The molecule has 0 aromatic carbocycles. The Morgan fingerprint density at radius 2 is 1.62 bits per heavy atom. The van der Waals surface area contributed by atoms with E-state index >= 15 is 0 Å². The molecule has 5 saturated carbocycles. The molecule has 0 heterocycles. The van der Waals surface area contributed by atoms with E-state index in [1.807, 2.05) is 0 Å². The van der Waals surface area contributed by atoms with Crippen molar-refractivity contribution in [1.82, 2.24) is 4.90 Å². The first-order valence-corrected chi connectivity index (χ1v) is 19.0. The minimum absolute atomic E-state index is 0.0883. The second kappa shape index (κ2) is 12.7. The first kappa shape index (κ1) is 36.9. The van der Waals surface area contributed by atoms with Crippen LogP contribution in [0.3, 0.4) is 0 Å². The number of hydrogen-bond acceptors (Lipinski definition) is 5. The fourth-order valence-electron chi connectivity index (χ4n) is 13.5. The Hall–Kier alpha value is -1.40. The number of esters is 1. The van der Waals surface area contributed by atoms with Crippen molar-refractivity contribution < 1.29 is 24.2 Å². The van der Waals surface area contributed by atoms with Crippen LogP contribution in [-0.2, 0) is 19.1 Å². The predicted molar refractivity (Wildman–Crippen MR) is 189 cm³/mol. The number of allylic oxidation sites excluding steroid dienone is 1. The van der Waals surface area contributed by atoms with Crippen LogP contribution in [0.25, 0.3) is 0 Å². The zero-order chi connectivity index (χ0) is 34.8. The van der Waals surface area contributed by atoms with Crippen molar-refractivity contribution in [2.24, 2.45) is 62.1 Å². The molecule has 0 aliphatic heterocycles. The fourth-order valence-corrected chi connectivity index (χ4v) is 13.5. The molecule has 0 aromatic rings. The molecule has 5 fully saturated rings. The minimum Gasteiger partial charge on any atom is -0.481 e. The molecule has 10 atom stereocenters. The van der Waals surface area contributed by atoms with Gasteiger partial charge in [-0.2, -0.15) is 0 Å². The minimum atomic E-state index is -1.12. The van der Waals surface area contributed by atoms with Crippen molar-refractivity contribution in [1.29, 1.82) is 0 Å². The van der Waals surface area contributed by atoms with E-state index in [0.717, 1.165) is 31.2 Å². The van der Waals surface area contributed by atoms with Gasteiger partial charge in [0, 0.05) is 19.1 Å². The molecule has 1 N–H and O–H groups in total. The molecule has 0 aromatic heterocycles. The first-order valence-electron chi connectivity index (χ1n) is 19.0. The maximum Gasteiger partial charge on any atom is 0.309 e. The summed E-state index contributed by atoms with van der Waals surface area (Å²) in [5, 5.41) is 9.59. The lowest BCUT2D eigenvalue weighted by Gasteiger charge is -2.73. The van der Waals surface area contributed by atoms with Crippen LogP contribution in [0, 0.1) is 62.1 Å². The Balaban J connectivity index is 1.38. The normalized spacial score (nSPS) is 42.5. The Morgan fingerprint density at radius 1 is 0.915 bits per heavy atom. The van der Waals surface area contributed by atoms with Gasteiger partial charge in [0.05, 0.1) is 18.6 Å². The number of carbonyl (C=O) groups is 2. The van der Waals surface area contributed by atoms with E-state index in [-0.39, 0.29) is 29.3 Å². The summed E-state index contributed by atoms with van der Waals surface area (Å²) in [7, 11) is 3.97. The van der Waals surface area contributed by atoms with Crippen LogP contribution in [0.5, 0.6) is 0 Å². The quantitative estimate of drug-likeness (QED) is 0.136. The van der Waals surface area contributed by atoms with Crippen LogP contribution in [0.1, 0.15) is 139 Å². The molecule has 5 rings (SSSR count). The maximum absolute atomic E-state index is 13.1. The van der Waals surface area contributed by atoms with Gasteiger partial charge < -0.3 is 14.6 Å². The summed E-state index contributed by atoms with van der Waals surface area (Å²) in [4.78, 5) is 27.1. The van der Waals surface area contributed by atoms with Gasteiger partial charge in [-0.3, -0.25) is 14.5 Å². The number of carboxylic acids is 1. The number of ether oxygens (including phenoxy) is 2. The van der Waals surface area contributed by atoms with Gasteiger partial charge in [-0.1, -0.05) is 46.8 Å². The van der Waals surface area contributed by atoms with Crippen molar-refractivity contribution in [3.8, 4) is 0 Å². The SMILES string of the molecule is C=C(C)C1CC[C@]2(CCCN(C)COC)CC[C@]3(C)[C@H](CC[C@@H]4[C@@]5(C)CC[C@H](OC(=O)CC(C)(C)C(=O)O)C(C)(C)[C@@H]5CC[C@]43C)[C@@H]12. The highest BCUT2D eigenvalue weighted by atomic mass is 16.5. The molecule has 6 nitrogen and oxygen atoms in total. The van der Waals surface area contributed by atoms with Gasteiger partial charge in [0.15, 0.2) is 0 Å². The van der Waals surface area contributed by atoms with Crippen LogP contribution in [0.2, 0.25) is 0 Å². The number of rotatable bonds is 11. The molecule has 0 radical (unpaired) electrons. The second-order valence-corrected chi connectivity index (χ2v) is 19.4. The smallest absolute Gasteiger partial charge is 0.309 e. The number of fused-ring (bicyclic) bond motifs is 7. The summed E-state index contributed by atoms with van der Waals surface area (Å²) in [5.74, 6) is 1.97. The van der Waals surface area contributed by atoms with E-state index in [9.17, 15) is 14.7 Å². The number of aliphatic carboxylic acids is 1. The van der Waals surface area contributed by atoms with Crippen molar-refractivity contribution in [2.45, 2.75) is 145 Å². The Morgan fingerprint density at radius 3 is 2.26 bits per heavy atom. The summed E-state index contributed by atoms with van der Waals surface area (Å²) in [6, 6.07) is 0. The average molecular weight is 656 g/mol. The summed E-state index contributed by atoms with van der Waals surface area (Å²) in [6.45, 7) is 24.6. The Labute approximate surface area is 287 Å². The molecular weight excluding hydrogens is 586 g/mol. The number of carbonyl (C=O) groups excluding carboxylic acids is 1. The molecule has 47 heavy (non-hydrogen) atoms. The molecule has 268 valence electrons. The van der Waals surface area contributed by atoms with E-state index in [0.29, 0.717) is 40.7 Å². The summed E-state index contributed by atoms with van der Waals surface area (Å²) in [6.07, 6.45) is 14.7. The van der Waals surface area contributed by atoms with Gasteiger partial charge in [-0.25, -0.2) is 0 Å². The van der Waals surface area contributed by atoms with Crippen LogP contribution in [0.4, 0.5) is 0 Å². The van der Waals surface area contributed by atoms with Gasteiger partial charge in [0.25, 0.3) is 0 Å². The van der Waals surface area contributed by atoms with Crippen LogP contribution in [0.15, 0.2) is 12.2 Å². The lowest BCUT2D eigenvalue weighted by molar-refractivity contribution is -0.250. The molecule has 0 saturated heterocycles. The van der Waals surface area contributed by atoms with Crippen molar-refractivity contribution >= 4 is 11.9 Å². The number of carboxylic acid groups (broad SMARTS) is 1. The Bertz CT molecular complexity index is 1210. The largest absolute Gasteiger partial charge is 0.481 e. The third-order valence-corrected chi connectivity index (χ3v) is 16.2. The lowest BCUT2D eigenvalue weighted by atomic mass is 9.32. The number of hydrogen-bond donors (Lipinski definition) is 1. The van der Waals surface area contributed by atoms with Gasteiger partial charge in [-0.15, -0.1) is 0 Å². The maximum atomic E-state index is 13.1. The average Bonchev–Trinajstić information content (AvgIpc) is 3.35. The van der Waals surface area contributed by atoms with Crippen molar-refractivity contribution in [3.63, 3.8) is 0 Å². The highest BCUT2D eigenvalue weighted by molar-refractivity contribution is 5.81. The molecule has 0 spiro atoms. The highest BCUT2D eigenvalue weighted by Crippen LogP contribution is 2.78. The lowest BCUT2D eigenvalue weighted by Crippen LogP contribution is -2.66. The van der Waals surface area contributed by atoms with Crippen LogP contribution < -0.4 is 0 Å². The van der Waals surface area contributed by atoms with Gasteiger partial charge in [-0.05, 0) is 156 Å². The van der Waals surface area contributed by atoms with Crippen LogP contribution >= 0.6 is 0 Å². The van der Waals surface area contributed by atoms with Gasteiger partial charge in [0.1, 0.15) is 6.10 Å². The highest BCUT2D eigenvalue weighted by Gasteiger charge is 2.71. The standard InChI is InChI=1S/C41H69NO5/c1-27(2)28-15-21-41(18-12-24-42(10)26-46-11)23-22-39(8)29(34(28)41)13-14-31-38(7)19-17-32(47-33(43)25-36(3,4)35(44)45)37(5,6)30(38)16-20-40(31,39)9/h28-32,34H,1,12-26H2,2-11H3,(H,44,45)/t28?,29-,30+,31-,32+,34-,38+,39-,40-,41-/m1/s1. The topological polar surface area (TPSA) is 76.1 Å². The molecule has 6 heteroatoms. The summed E-state index contributed by atoms with van der Waals surface area (Å²) in [5.41, 5.74) is 1.41. The van der Waals surface area contributed by atoms with E-state index < -0.39 is 11.4 Å². The van der Waals surface area contributed by atoms with E-state index in [1.54, 1.807) is 21.0 Å². The Kier molecular flexibility index (Phi) is 9.99. The molecule has 0 amide bonds. The van der Waals surface area contributed by atoms with Crippen molar-refractivity contribution in [3.05, 3.63) is 12.2 Å².